The van der Waals surface area contributed by atoms with Crippen LogP contribution in [0.3, 0.4) is 0 Å². The van der Waals surface area contributed by atoms with E-state index in [0.29, 0.717) is 10.6 Å². The minimum atomic E-state index is -0.427. The normalized spacial score (nSPS) is 10.5. The van der Waals surface area contributed by atoms with E-state index in [0.717, 1.165) is 9.77 Å². The predicted octanol–water partition coefficient (Wildman–Crippen LogP) is 3.44. The van der Waals surface area contributed by atoms with E-state index in [1.165, 1.54) is 29.2 Å². The number of nitrogen functional groups attached to an aromatic ring is 1. The lowest BCUT2D eigenvalue weighted by atomic mass is 10.3. The molecular formula is C12H10ClFN2OS2. The van der Waals surface area contributed by atoms with Crippen LogP contribution in [0.2, 0.25) is 5.02 Å². The number of hydrazine groups is 1. The molecule has 2 rings (SSSR count). The van der Waals surface area contributed by atoms with Gasteiger partial charge in [-0.15, -0.1) is 23.1 Å². The molecule has 0 saturated heterocycles. The molecule has 1 aromatic carbocycles. The number of benzene rings is 1. The van der Waals surface area contributed by atoms with Crippen molar-refractivity contribution in [3.05, 3.63) is 50.9 Å². The molecule has 2 aromatic rings. The molecule has 0 unspecified atom stereocenters. The summed E-state index contributed by atoms with van der Waals surface area (Å²) in [4.78, 5) is 13.8. The highest BCUT2D eigenvalue weighted by atomic mass is 35.5. The van der Waals surface area contributed by atoms with Crippen molar-refractivity contribution < 1.29 is 9.18 Å². The molecule has 3 N–H and O–H groups in total. The Hall–Kier alpha value is -1.08. The number of nitrogens with two attached hydrogens (primary N) is 1. The van der Waals surface area contributed by atoms with Gasteiger partial charge in [-0.2, -0.15) is 0 Å². The van der Waals surface area contributed by atoms with Crippen LogP contribution in [0.1, 0.15) is 14.5 Å². The lowest BCUT2D eigenvalue weighted by molar-refractivity contribution is 0.0957. The number of hydrogen-bond acceptors (Lipinski definition) is 4. The fraction of sp³-hybridized carbons (Fsp3) is 0.0833. The number of hydrogen-bond donors (Lipinski definition) is 2. The highest BCUT2D eigenvalue weighted by molar-refractivity contribution is 7.98. The van der Waals surface area contributed by atoms with Gasteiger partial charge >= 0.3 is 0 Å². The zero-order valence-electron chi connectivity index (χ0n) is 9.65. The van der Waals surface area contributed by atoms with Crippen molar-refractivity contribution in [3.63, 3.8) is 0 Å². The molecule has 0 fully saturated rings. The molecule has 0 atom stereocenters. The van der Waals surface area contributed by atoms with Gasteiger partial charge < -0.3 is 0 Å². The second kappa shape index (κ2) is 6.38. The fourth-order valence-electron chi connectivity index (χ4n) is 1.37. The molecule has 1 aromatic heterocycles. The second-order valence-electron chi connectivity index (χ2n) is 3.60. The van der Waals surface area contributed by atoms with Crippen LogP contribution in [-0.4, -0.2) is 5.91 Å². The van der Waals surface area contributed by atoms with Gasteiger partial charge in [0.1, 0.15) is 5.82 Å². The molecule has 19 heavy (non-hydrogen) atoms. The van der Waals surface area contributed by atoms with E-state index >= 15 is 0 Å². The van der Waals surface area contributed by atoms with Crippen LogP contribution in [0.5, 0.6) is 0 Å². The van der Waals surface area contributed by atoms with Gasteiger partial charge in [0.15, 0.2) is 0 Å². The van der Waals surface area contributed by atoms with Crippen molar-refractivity contribution in [2.75, 3.05) is 0 Å². The third kappa shape index (κ3) is 3.70. The monoisotopic (exact) mass is 316 g/mol. The van der Waals surface area contributed by atoms with Crippen LogP contribution in [0.15, 0.2) is 35.2 Å². The number of nitrogens with one attached hydrogen (secondary N) is 1. The van der Waals surface area contributed by atoms with Gasteiger partial charge in [-0.25, -0.2) is 10.2 Å². The fourth-order valence-corrected chi connectivity index (χ4v) is 3.50. The van der Waals surface area contributed by atoms with E-state index in [-0.39, 0.29) is 10.9 Å². The Morgan fingerprint density at radius 3 is 2.89 bits per heavy atom. The maximum Gasteiger partial charge on any atom is 0.275 e. The Balaban J connectivity index is 2.00. The number of halogens is 2. The molecular weight excluding hydrogens is 307 g/mol. The zero-order chi connectivity index (χ0) is 13.8. The minimum Gasteiger partial charge on any atom is -0.289 e. The Kier molecular flexibility index (Phi) is 4.81. The molecule has 0 aliphatic carbocycles. The number of thiophene rings is 1. The molecule has 3 nitrogen and oxygen atoms in total. The third-order valence-corrected chi connectivity index (χ3v) is 4.89. The van der Waals surface area contributed by atoms with Gasteiger partial charge in [0.2, 0.25) is 0 Å². The quantitative estimate of drug-likeness (QED) is 0.393. The average Bonchev–Trinajstić information content (AvgIpc) is 2.88. The summed E-state index contributed by atoms with van der Waals surface area (Å²) in [5, 5.41) is 0.111. The second-order valence-corrected chi connectivity index (χ2v) is 6.23. The van der Waals surface area contributed by atoms with Gasteiger partial charge in [0.25, 0.3) is 5.91 Å². The summed E-state index contributed by atoms with van der Waals surface area (Å²) in [7, 11) is 0. The first-order valence-corrected chi connectivity index (χ1v) is 7.45. The molecule has 100 valence electrons. The maximum atomic E-state index is 13.0. The van der Waals surface area contributed by atoms with Gasteiger partial charge in [0.05, 0.1) is 9.90 Å². The number of carbonyl (C=O) groups is 1. The topological polar surface area (TPSA) is 55.1 Å². The van der Waals surface area contributed by atoms with Crippen LogP contribution < -0.4 is 11.3 Å². The first-order valence-electron chi connectivity index (χ1n) is 5.27. The summed E-state index contributed by atoms with van der Waals surface area (Å²) >= 11 is 8.61. The minimum absolute atomic E-state index is 0.111. The van der Waals surface area contributed by atoms with E-state index < -0.39 is 5.82 Å². The molecule has 0 aliphatic rings. The summed E-state index contributed by atoms with van der Waals surface area (Å²) in [5.41, 5.74) is 2.09. The molecule has 0 radical (unpaired) electrons. The highest BCUT2D eigenvalue weighted by Gasteiger charge is 2.08. The summed E-state index contributed by atoms with van der Waals surface area (Å²) in [6.07, 6.45) is 0. The van der Waals surface area contributed by atoms with Gasteiger partial charge in [-0.3, -0.25) is 10.2 Å². The molecule has 7 heteroatoms. The Morgan fingerprint density at radius 1 is 1.42 bits per heavy atom. The molecule has 0 aliphatic heterocycles. The Bertz CT molecular complexity index is 603. The smallest absolute Gasteiger partial charge is 0.275 e. The predicted molar refractivity (Wildman–Crippen MR) is 76.9 cm³/mol. The first-order chi connectivity index (χ1) is 9.10. The van der Waals surface area contributed by atoms with E-state index in [1.807, 2.05) is 6.07 Å². The van der Waals surface area contributed by atoms with Gasteiger partial charge in [-0.1, -0.05) is 11.6 Å². The van der Waals surface area contributed by atoms with Crippen LogP contribution in [-0.2, 0) is 5.75 Å². The number of carbonyl (C=O) groups excluding carboxylic acids is 1. The Labute approximate surface area is 122 Å². The largest absolute Gasteiger partial charge is 0.289 e. The van der Waals surface area contributed by atoms with Crippen molar-refractivity contribution >= 4 is 40.6 Å². The summed E-state index contributed by atoms with van der Waals surface area (Å²) in [5.74, 6) is 5.02. The SMILES string of the molecule is NNC(=O)c1ccc(CSc2ccc(F)c(Cl)c2)s1. The van der Waals surface area contributed by atoms with E-state index in [2.05, 4.69) is 5.43 Å². The van der Waals surface area contributed by atoms with E-state index in [1.54, 1.807) is 18.2 Å². The summed E-state index contributed by atoms with van der Waals surface area (Å²) in [6.45, 7) is 0. The number of rotatable bonds is 4. The molecule has 1 heterocycles. The summed E-state index contributed by atoms with van der Waals surface area (Å²) in [6, 6.07) is 8.19. The van der Waals surface area contributed by atoms with E-state index in [9.17, 15) is 9.18 Å². The Morgan fingerprint density at radius 2 is 2.21 bits per heavy atom. The average molecular weight is 317 g/mol. The third-order valence-electron chi connectivity index (χ3n) is 2.29. The van der Waals surface area contributed by atoms with Crippen LogP contribution >= 0.6 is 34.7 Å². The van der Waals surface area contributed by atoms with Gasteiger partial charge in [0, 0.05) is 15.5 Å². The van der Waals surface area contributed by atoms with Crippen LogP contribution in [0, 0.1) is 5.82 Å². The first kappa shape index (κ1) is 14.3. The zero-order valence-corrected chi connectivity index (χ0v) is 12.0. The highest BCUT2D eigenvalue weighted by Crippen LogP contribution is 2.29. The summed E-state index contributed by atoms with van der Waals surface area (Å²) < 4.78 is 13.0. The van der Waals surface area contributed by atoms with Crippen LogP contribution in [0.4, 0.5) is 4.39 Å². The molecule has 0 spiro atoms. The molecule has 0 saturated carbocycles. The number of amides is 1. The standard InChI is InChI=1S/C12H10ClFN2OS2/c13-9-5-7(1-3-10(9)14)18-6-8-2-4-11(19-8)12(17)16-15/h1-5H,6,15H2,(H,16,17). The lowest BCUT2D eigenvalue weighted by Crippen LogP contribution is -2.29. The van der Waals surface area contributed by atoms with Crippen molar-refractivity contribution in [2.45, 2.75) is 10.6 Å². The van der Waals surface area contributed by atoms with Crippen LogP contribution in [0.25, 0.3) is 0 Å². The van der Waals surface area contributed by atoms with Crippen molar-refractivity contribution in [1.29, 1.82) is 0 Å². The molecule has 0 bridgehead atoms. The molecule has 1 amide bonds. The van der Waals surface area contributed by atoms with Gasteiger partial charge in [-0.05, 0) is 30.3 Å². The van der Waals surface area contributed by atoms with Crippen molar-refractivity contribution in [2.24, 2.45) is 5.84 Å². The van der Waals surface area contributed by atoms with E-state index in [4.69, 9.17) is 17.4 Å². The van der Waals surface area contributed by atoms with Crippen molar-refractivity contribution in [1.82, 2.24) is 5.43 Å². The number of thioether (sulfide) groups is 1. The maximum absolute atomic E-state index is 13.0. The van der Waals surface area contributed by atoms with Crippen molar-refractivity contribution in [3.8, 4) is 0 Å². The lowest BCUT2D eigenvalue weighted by Gasteiger charge is -2.01.